The van der Waals surface area contributed by atoms with Crippen LogP contribution in [-0.4, -0.2) is 29.3 Å². The van der Waals surface area contributed by atoms with Crippen molar-refractivity contribution in [2.45, 2.75) is 51.0 Å². The summed E-state index contributed by atoms with van der Waals surface area (Å²) in [5.41, 5.74) is 1.14. The molecule has 0 spiro atoms. The van der Waals surface area contributed by atoms with Gasteiger partial charge in [-0.3, -0.25) is 4.90 Å². The molecule has 4 aliphatic carbocycles. The second kappa shape index (κ2) is 6.49. The molecule has 0 radical (unpaired) electrons. The van der Waals surface area contributed by atoms with Crippen LogP contribution in [0.4, 0.5) is 21.0 Å². The van der Waals surface area contributed by atoms with Gasteiger partial charge >= 0.3 is 12.1 Å². The summed E-state index contributed by atoms with van der Waals surface area (Å²) in [6.07, 6.45) is 6.34. The second-order valence-electron chi connectivity index (χ2n) is 8.35. The van der Waals surface area contributed by atoms with Crippen LogP contribution in [-0.2, 0) is 0 Å². The summed E-state index contributed by atoms with van der Waals surface area (Å²) >= 11 is 0. The standard InChI is InChI=1S/C20H27N3O3/c1-2-23(19(25)26)17-5-3-4-16(9-17)21-18(24)22-20-10-13-6-14(11-20)8-15(7-13)12-20/h3-5,9,13-15H,2,6-8,10-12H2,1H3,(H,25,26)(H2,21,22,24). The maximum Gasteiger partial charge on any atom is 0.411 e. The fourth-order valence-electron chi connectivity index (χ4n) is 5.85. The van der Waals surface area contributed by atoms with Gasteiger partial charge in [-0.2, -0.15) is 0 Å². The van der Waals surface area contributed by atoms with Crippen LogP contribution >= 0.6 is 0 Å². The summed E-state index contributed by atoms with van der Waals surface area (Å²) in [6, 6.07) is 6.82. The highest BCUT2D eigenvalue weighted by atomic mass is 16.4. The summed E-state index contributed by atoms with van der Waals surface area (Å²) in [7, 11) is 0. The van der Waals surface area contributed by atoms with Crippen molar-refractivity contribution >= 4 is 23.5 Å². The minimum Gasteiger partial charge on any atom is -0.465 e. The van der Waals surface area contributed by atoms with Crippen molar-refractivity contribution in [1.29, 1.82) is 0 Å². The monoisotopic (exact) mass is 357 g/mol. The number of carbonyl (C=O) groups is 2. The highest BCUT2D eigenvalue weighted by Gasteiger charge is 2.51. The van der Waals surface area contributed by atoms with Crippen molar-refractivity contribution in [3.05, 3.63) is 24.3 Å². The maximum absolute atomic E-state index is 12.6. The number of carboxylic acid groups (broad SMARTS) is 1. The molecule has 5 rings (SSSR count). The van der Waals surface area contributed by atoms with Gasteiger partial charge in [-0.15, -0.1) is 0 Å². The van der Waals surface area contributed by atoms with Gasteiger partial charge in [0.15, 0.2) is 0 Å². The number of amides is 3. The van der Waals surface area contributed by atoms with E-state index in [0.717, 1.165) is 37.0 Å². The predicted molar refractivity (Wildman–Crippen MR) is 101 cm³/mol. The lowest BCUT2D eigenvalue weighted by atomic mass is 9.53. The van der Waals surface area contributed by atoms with Crippen LogP contribution < -0.4 is 15.5 Å². The van der Waals surface area contributed by atoms with Gasteiger partial charge in [0, 0.05) is 23.5 Å². The average Bonchev–Trinajstić information content (AvgIpc) is 2.53. The Hall–Kier alpha value is -2.24. The minimum atomic E-state index is -0.998. The third kappa shape index (κ3) is 3.24. The molecule has 3 N–H and O–H groups in total. The van der Waals surface area contributed by atoms with Crippen LogP contribution in [0.2, 0.25) is 0 Å². The largest absolute Gasteiger partial charge is 0.465 e. The molecule has 4 bridgehead atoms. The number of rotatable bonds is 4. The molecule has 1 aromatic rings. The van der Waals surface area contributed by atoms with Gasteiger partial charge in [-0.05, 0) is 81.4 Å². The Balaban J connectivity index is 1.43. The topological polar surface area (TPSA) is 81.7 Å². The quantitative estimate of drug-likeness (QED) is 0.752. The molecule has 0 saturated heterocycles. The van der Waals surface area contributed by atoms with E-state index >= 15 is 0 Å². The molecule has 0 heterocycles. The molecule has 4 saturated carbocycles. The lowest BCUT2D eigenvalue weighted by Gasteiger charge is -2.56. The van der Waals surface area contributed by atoms with Gasteiger partial charge in [0.25, 0.3) is 0 Å². The minimum absolute atomic E-state index is 0.0348. The SMILES string of the molecule is CCN(C(=O)O)c1cccc(NC(=O)NC23CC4CC(CC(C4)C2)C3)c1. The molecule has 140 valence electrons. The van der Waals surface area contributed by atoms with Crippen molar-refractivity contribution in [2.75, 3.05) is 16.8 Å². The van der Waals surface area contributed by atoms with E-state index in [1.54, 1.807) is 31.2 Å². The number of hydrogen-bond acceptors (Lipinski definition) is 2. The molecular weight excluding hydrogens is 330 g/mol. The van der Waals surface area contributed by atoms with Crippen LogP contribution in [0.25, 0.3) is 0 Å². The van der Waals surface area contributed by atoms with E-state index in [-0.39, 0.29) is 11.6 Å². The molecule has 0 unspecified atom stereocenters. The molecule has 1 aromatic carbocycles. The van der Waals surface area contributed by atoms with Gasteiger partial charge in [-0.1, -0.05) is 6.07 Å². The lowest BCUT2D eigenvalue weighted by molar-refractivity contribution is -0.0127. The first-order chi connectivity index (χ1) is 12.5. The van der Waals surface area contributed by atoms with E-state index in [9.17, 15) is 14.7 Å². The Bertz CT molecular complexity index is 683. The summed E-state index contributed by atoms with van der Waals surface area (Å²) < 4.78 is 0. The molecule has 6 heteroatoms. The maximum atomic E-state index is 12.6. The number of nitrogens with zero attached hydrogens (tertiary/aromatic N) is 1. The molecule has 4 fully saturated rings. The van der Waals surface area contributed by atoms with E-state index in [4.69, 9.17) is 0 Å². The third-order valence-electron chi connectivity index (χ3n) is 6.38. The van der Waals surface area contributed by atoms with E-state index < -0.39 is 6.09 Å². The van der Waals surface area contributed by atoms with Crippen LogP contribution in [0, 0.1) is 17.8 Å². The Kier molecular flexibility index (Phi) is 4.29. The molecule has 6 nitrogen and oxygen atoms in total. The summed E-state index contributed by atoms with van der Waals surface area (Å²) in [6.45, 7) is 2.15. The van der Waals surface area contributed by atoms with E-state index in [2.05, 4.69) is 10.6 Å². The predicted octanol–water partition coefficient (Wildman–Crippen LogP) is 4.28. The van der Waals surface area contributed by atoms with Crippen molar-refractivity contribution in [3.8, 4) is 0 Å². The number of nitrogens with one attached hydrogen (secondary N) is 2. The van der Waals surface area contributed by atoms with E-state index in [1.165, 1.54) is 24.2 Å². The van der Waals surface area contributed by atoms with Gasteiger partial charge < -0.3 is 15.7 Å². The molecule has 3 amide bonds. The van der Waals surface area contributed by atoms with Crippen molar-refractivity contribution in [1.82, 2.24) is 5.32 Å². The fraction of sp³-hybridized carbons (Fsp3) is 0.600. The third-order valence-corrected chi connectivity index (χ3v) is 6.38. The van der Waals surface area contributed by atoms with Gasteiger partial charge in [0.1, 0.15) is 0 Å². The van der Waals surface area contributed by atoms with Crippen molar-refractivity contribution < 1.29 is 14.7 Å². The van der Waals surface area contributed by atoms with Crippen molar-refractivity contribution in [3.63, 3.8) is 0 Å². The number of benzene rings is 1. The van der Waals surface area contributed by atoms with Crippen LogP contribution in [0.3, 0.4) is 0 Å². The fourth-order valence-corrected chi connectivity index (χ4v) is 5.85. The second-order valence-corrected chi connectivity index (χ2v) is 8.35. The van der Waals surface area contributed by atoms with Gasteiger partial charge in [-0.25, -0.2) is 9.59 Å². The highest BCUT2D eigenvalue weighted by molar-refractivity contribution is 5.92. The summed E-state index contributed by atoms with van der Waals surface area (Å²) in [5.74, 6) is 2.33. The normalized spacial score (nSPS) is 31.5. The first kappa shape index (κ1) is 17.2. The molecular formula is C20H27N3O3. The van der Waals surface area contributed by atoms with Crippen molar-refractivity contribution in [2.24, 2.45) is 17.8 Å². The lowest BCUT2D eigenvalue weighted by Crippen LogP contribution is -2.60. The number of urea groups is 1. The van der Waals surface area contributed by atoms with Gasteiger partial charge in [0.05, 0.1) is 0 Å². The Morgan fingerprint density at radius 2 is 1.77 bits per heavy atom. The molecule has 4 aliphatic rings. The van der Waals surface area contributed by atoms with E-state index in [1.807, 2.05) is 0 Å². The smallest absolute Gasteiger partial charge is 0.411 e. The van der Waals surface area contributed by atoms with Gasteiger partial charge in [0.2, 0.25) is 0 Å². The Morgan fingerprint density at radius 3 is 2.31 bits per heavy atom. The average molecular weight is 357 g/mol. The van der Waals surface area contributed by atoms with Crippen LogP contribution in [0.5, 0.6) is 0 Å². The number of anilines is 2. The summed E-state index contributed by atoms with van der Waals surface area (Å²) in [4.78, 5) is 25.2. The Labute approximate surface area is 153 Å². The first-order valence-electron chi connectivity index (χ1n) is 9.66. The summed E-state index contributed by atoms with van der Waals surface area (Å²) in [5, 5.41) is 15.5. The zero-order valence-electron chi connectivity index (χ0n) is 15.2. The number of carbonyl (C=O) groups excluding carboxylic acids is 1. The molecule has 26 heavy (non-hydrogen) atoms. The number of hydrogen-bond donors (Lipinski definition) is 3. The Morgan fingerprint density at radius 1 is 1.15 bits per heavy atom. The first-order valence-corrected chi connectivity index (χ1v) is 9.66. The molecule has 0 aliphatic heterocycles. The van der Waals surface area contributed by atoms with Crippen LogP contribution in [0.1, 0.15) is 45.4 Å². The zero-order chi connectivity index (χ0) is 18.3. The molecule has 0 atom stereocenters. The highest BCUT2D eigenvalue weighted by Crippen LogP contribution is 2.55. The van der Waals surface area contributed by atoms with Crippen LogP contribution in [0.15, 0.2) is 24.3 Å². The van der Waals surface area contributed by atoms with E-state index in [0.29, 0.717) is 17.9 Å². The zero-order valence-corrected chi connectivity index (χ0v) is 15.2. The molecule has 0 aromatic heterocycles.